The largest absolute Gasteiger partial charge is 0.456 e. The van der Waals surface area contributed by atoms with Crippen LogP contribution in [0.1, 0.15) is 45.4 Å². The van der Waals surface area contributed by atoms with Crippen molar-refractivity contribution >= 4 is 29.3 Å². The Morgan fingerprint density at radius 2 is 1.81 bits per heavy atom. The van der Waals surface area contributed by atoms with Gasteiger partial charge in [0.25, 0.3) is 5.91 Å². The number of esters is 1. The van der Waals surface area contributed by atoms with E-state index in [1.165, 1.54) is 0 Å². The number of aryl methyl sites for hydroxylation is 1. The molecule has 0 aliphatic carbocycles. The predicted octanol–water partition coefficient (Wildman–Crippen LogP) is 3.32. The molecule has 7 heteroatoms. The molecule has 0 unspecified atom stereocenters. The van der Waals surface area contributed by atoms with Crippen LogP contribution >= 0.6 is 11.6 Å². The third-order valence-electron chi connectivity index (χ3n) is 4.19. The summed E-state index contributed by atoms with van der Waals surface area (Å²) in [6, 6.07) is 8.09. The molecule has 0 saturated carbocycles. The van der Waals surface area contributed by atoms with Gasteiger partial charge in [0, 0.05) is 34.1 Å². The zero-order valence-electron chi connectivity index (χ0n) is 15.7. The Kier molecular flexibility index (Phi) is 7.19. The van der Waals surface area contributed by atoms with Crippen LogP contribution in [0.5, 0.6) is 0 Å². The van der Waals surface area contributed by atoms with E-state index in [0.29, 0.717) is 16.1 Å². The third kappa shape index (κ3) is 5.44. The number of carbonyl (C=O) groups is 3. The summed E-state index contributed by atoms with van der Waals surface area (Å²) in [5.41, 5.74) is 2.80. The van der Waals surface area contributed by atoms with E-state index in [1.54, 1.807) is 24.3 Å². The lowest BCUT2D eigenvalue weighted by atomic mass is 10.1. The van der Waals surface area contributed by atoms with Gasteiger partial charge in [-0.15, -0.1) is 0 Å². The molecule has 144 valence electrons. The highest BCUT2D eigenvalue weighted by molar-refractivity contribution is 6.30. The Hall–Kier alpha value is -2.60. The number of carbonyl (C=O) groups excluding carboxylic acids is 3. The number of hydrogen-bond acceptors (Lipinski definition) is 4. The lowest BCUT2D eigenvalue weighted by molar-refractivity contribution is -0.141. The summed E-state index contributed by atoms with van der Waals surface area (Å²) in [6.07, 6.45) is 0.965. The van der Waals surface area contributed by atoms with Gasteiger partial charge < -0.3 is 14.6 Å². The Morgan fingerprint density at radius 3 is 2.44 bits per heavy atom. The van der Waals surface area contributed by atoms with Crippen LogP contribution in [0, 0.1) is 13.8 Å². The van der Waals surface area contributed by atoms with Gasteiger partial charge >= 0.3 is 5.97 Å². The van der Waals surface area contributed by atoms with Crippen molar-refractivity contribution in [2.75, 3.05) is 13.2 Å². The molecule has 0 atom stereocenters. The number of Topliss-reactive ketones (excluding diaryl/α,β-unsaturated/α-hetero) is 1. The van der Waals surface area contributed by atoms with E-state index in [4.69, 9.17) is 16.3 Å². The number of nitrogens with zero attached hydrogens (tertiary/aromatic N) is 1. The predicted molar refractivity (Wildman–Crippen MR) is 103 cm³/mol. The molecule has 0 aliphatic heterocycles. The van der Waals surface area contributed by atoms with E-state index in [9.17, 15) is 14.4 Å². The summed E-state index contributed by atoms with van der Waals surface area (Å²) in [5.74, 6) is -1.35. The van der Waals surface area contributed by atoms with Crippen molar-refractivity contribution < 1.29 is 19.1 Å². The van der Waals surface area contributed by atoms with Crippen LogP contribution in [-0.4, -0.2) is 35.4 Å². The Balaban J connectivity index is 1.85. The second-order valence-corrected chi connectivity index (χ2v) is 6.65. The monoisotopic (exact) mass is 390 g/mol. The third-order valence-corrected chi connectivity index (χ3v) is 4.44. The number of hydrogen-bond donors (Lipinski definition) is 1. The number of ketones is 1. The molecule has 1 amide bonds. The maximum Gasteiger partial charge on any atom is 0.325 e. The standard InChI is InChI=1S/C20H23ClN2O4/c1-4-9-23-13(2)10-17(14(23)3)18(24)12-27-19(25)11-22-20(26)15-5-7-16(21)8-6-15/h5-8,10H,4,9,11-12H2,1-3H3,(H,22,26). The molecule has 0 radical (unpaired) electrons. The average Bonchev–Trinajstić information content (AvgIpc) is 2.93. The number of halogens is 1. The van der Waals surface area contributed by atoms with Crippen LogP contribution in [0.25, 0.3) is 0 Å². The first-order valence-corrected chi connectivity index (χ1v) is 9.10. The number of nitrogens with one attached hydrogen (secondary N) is 1. The van der Waals surface area contributed by atoms with Gasteiger partial charge in [0.2, 0.25) is 5.78 Å². The van der Waals surface area contributed by atoms with Gasteiger partial charge in [-0.2, -0.15) is 0 Å². The van der Waals surface area contributed by atoms with Crippen molar-refractivity contribution in [1.29, 1.82) is 0 Å². The van der Waals surface area contributed by atoms with Crippen molar-refractivity contribution in [2.45, 2.75) is 33.7 Å². The minimum absolute atomic E-state index is 0.261. The Morgan fingerprint density at radius 1 is 1.15 bits per heavy atom. The van der Waals surface area contributed by atoms with E-state index < -0.39 is 11.9 Å². The van der Waals surface area contributed by atoms with Gasteiger partial charge in [-0.1, -0.05) is 18.5 Å². The maximum absolute atomic E-state index is 12.3. The first-order valence-electron chi connectivity index (χ1n) is 8.72. The molecule has 0 saturated heterocycles. The highest BCUT2D eigenvalue weighted by atomic mass is 35.5. The molecule has 2 rings (SSSR count). The van der Waals surface area contributed by atoms with Gasteiger partial charge in [0.1, 0.15) is 6.54 Å². The van der Waals surface area contributed by atoms with E-state index in [2.05, 4.69) is 16.8 Å². The summed E-state index contributed by atoms with van der Waals surface area (Å²) in [7, 11) is 0. The van der Waals surface area contributed by atoms with Crippen LogP contribution in [0.3, 0.4) is 0 Å². The molecule has 0 spiro atoms. The molecule has 0 aliphatic rings. The molecule has 0 bridgehead atoms. The zero-order valence-corrected chi connectivity index (χ0v) is 16.4. The molecule has 1 N–H and O–H groups in total. The van der Waals surface area contributed by atoms with Crippen molar-refractivity contribution in [2.24, 2.45) is 0 Å². The Labute approximate surface area is 163 Å². The van der Waals surface area contributed by atoms with Crippen LogP contribution in [0.4, 0.5) is 0 Å². The van der Waals surface area contributed by atoms with Crippen LogP contribution < -0.4 is 5.32 Å². The molecular formula is C20H23ClN2O4. The van der Waals surface area contributed by atoms with Crippen molar-refractivity contribution in [3.8, 4) is 0 Å². The maximum atomic E-state index is 12.3. The zero-order chi connectivity index (χ0) is 20.0. The first kappa shape index (κ1) is 20.7. The fourth-order valence-electron chi connectivity index (χ4n) is 2.78. The first-order chi connectivity index (χ1) is 12.8. The van der Waals surface area contributed by atoms with Gasteiger partial charge in [-0.05, 0) is 50.6 Å². The Bertz CT molecular complexity index is 840. The normalized spacial score (nSPS) is 10.5. The molecule has 1 aromatic carbocycles. The topological polar surface area (TPSA) is 77.4 Å². The smallest absolute Gasteiger partial charge is 0.325 e. The molecule has 27 heavy (non-hydrogen) atoms. The fraction of sp³-hybridized carbons (Fsp3) is 0.350. The second kappa shape index (κ2) is 9.37. The molecule has 6 nitrogen and oxygen atoms in total. The number of amides is 1. The van der Waals surface area contributed by atoms with Crippen molar-refractivity contribution in [3.05, 3.63) is 57.9 Å². The van der Waals surface area contributed by atoms with E-state index >= 15 is 0 Å². The summed E-state index contributed by atoms with van der Waals surface area (Å²) in [5, 5.41) is 2.97. The van der Waals surface area contributed by atoms with Gasteiger partial charge in [-0.25, -0.2) is 0 Å². The lowest BCUT2D eigenvalue weighted by Gasteiger charge is -2.08. The fourth-order valence-corrected chi connectivity index (χ4v) is 2.91. The number of ether oxygens (including phenoxy) is 1. The molecule has 1 heterocycles. The van der Waals surface area contributed by atoms with Gasteiger partial charge in [0.15, 0.2) is 6.61 Å². The number of benzene rings is 1. The van der Waals surface area contributed by atoms with Crippen molar-refractivity contribution in [3.63, 3.8) is 0 Å². The lowest BCUT2D eigenvalue weighted by Crippen LogP contribution is -2.31. The number of rotatable bonds is 8. The van der Waals surface area contributed by atoms with E-state index in [1.807, 2.05) is 19.9 Å². The minimum atomic E-state index is -0.673. The highest BCUT2D eigenvalue weighted by Crippen LogP contribution is 2.16. The molecule has 2 aromatic rings. The van der Waals surface area contributed by atoms with Gasteiger partial charge in [0.05, 0.1) is 0 Å². The van der Waals surface area contributed by atoms with E-state index in [-0.39, 0.29) is 18.9 Å². The van der Waals surface area contributed by atoms with E-state index in [0.717, 1.165) is 24.4 Å². The van der Waals surface area contributed by atoms with Gasteiger partial charge in [-0.3, -0.25) is 14.4 Å². The average molecular weight is 391 g/mol. The molecule has 1 aromatic heterocycles. The molecular weight excluding hydrogens is 368 g/mol. The van der Waals surface area contributed by atoms with Crippen LogP contribution in [0.2, 0.25) is 5.02 Å². The highest BCUT2D eigenvalue weighted by Gasteiger charge is 2.17. The van der Waals surface area contributed by atoms with Crippen LogP contribution in [0.15, 0.2) is 30.3 Å². The van der Waals surface area contributed by atoms with Crippen LogP contribution in [-0.2, 0) is 16.1 Å². The summed E-state index contributed by atoms with van der Waals surface area (Å²) in [4.78, 5) is 36.1. The summed E-state index contributed by atoms with van der Waals surface area (Å²) >= 11 is 5.77. The SMILES string of the molecule is CCCn1c(C)cc(C(=O)COC(=O)CNC(=O)c2ccc(Cl)cc2)c1C. The quantitative estimate of drug-likeness (QED) is 0.554. The summed E-state index contributed by atoms with van der Waals surface area (Å²) in [6.45, 7) is 6.05. The van der Waals surface area contributed by atoms with Crippen molar-refractivity contribution in [1.82, 2.24) is 9.88 Å². The molecule has 0 fully saturated rings. The summed E-state index contributed by atoms with van der Waals surface area (Å²) < 4.78 is 7.06. The number of aromatic nitrogens is 1. The minimum Gasteiger partial charge on any atom is -0.456 e. The second-order valence-electron chi connectivity index (χ2n) is 6.21.